The molecular formula is C12H19N5S. The van der Waals surface area contributed by atoms with Crippen molar-refractivity contribution in [3.05, 3.63) is 22.0 Å². The van der Waals surface area contributed by atoms with Gasteiger partial charge in [-0.15, -0.1) is 5.10 Å². The molecule has 0 amide bonds. The van der Waals surface area contributed by atoms with Crippen molar-refractivity contribution in [3.63, 3.8) is 0 Å². The molecule has 0 aliphatic heterocycles. The quantitative estimate of drug-likeness (QED) is 0.902. The number of hydrogen-bond acceptors (Lipinski definition) is 5. The monoisotopic (exact) mass is 265 g/mol. The van der Waals surface area contributed by atoms with Crippen molar-refractivity contribution in [1.82, 2.24) is 20.0 Å². The van der Waals surface area contributed by atoms with E-state index in [9.17, 15) is 0 Å². The average molecular weight is 265 g/mol. The van der Waals surface area contributed by atoms with Gasteiger partial charge in [-0.05, 0) is 13.8 Å². The minimum atomic E-state index is -0.0638. The summed E-state index contributed by atoms with van der Waals surface area (Å²) in [4.78, 5) is 5.74. The van der Waals surface area contributed by atoms with Crippen LogP contribution in [-0.4, -0.2) is 20.0 Å². The van der Waals surface area contributed by atoms with Crippen LogP contribution in [0.15, 0.2) is 0 Å². The van der Waals surface area contributed by atoms with Crippen LogP contribution in [0.3, 0.4) is 0 Å². The van der Waals surface area contributed by atoms with Crippen molar-refractivity contribution in [1.29, 1.82) is 0 Å². The Kier molecular flexibility index (Phi) is 3.25. The highest BCUT2D eigenvalue weighted by Crippen LogP contribution is 2.29. The molecular weight excluding hydrogens is 246 g/mol. The fourth-order valence-corrected chi connectivity index (χ4v) is 2.75. The van der Waals surface area contributed by atoms with Crippen molar-refractivity contribution in [2.45, 2.75) is 46.6 Å². The highest BCUT2D eigenvalue weighted by atomic mass is 32.1. The van der Waals surface area contributed by atoms with Crippen LogP contribution in [0.4, 0.5) is 0 Å². The number of aromatic nitrogens is 4. The van der Waals surface area contributed by atoms with Crippen LogP contribution >= 0.6 is 11.3 Å². The molecule has 0 saturated heterocycles. The van der Waals surface area contributed by atoms with Crippen LogP contribution < -0.4 is 5.73 Å². The third-order valence-electron chi connectivity index (χ3n) is 2.84. The summed E-state index contributed by atoms with van der Waals surface area (Å²) < 4.78 is 1.83. The average Bonchev–Trinajstić information content (AvgIpc) is 2.82. The highest BCUT2D eigenvalue weighted by Gasteiger charge is 2.26. The first kappa shape index (κ1) is 13.2. The van der Waals surface area contributed by atoms with E-state index in [2.05, 4.69) is 43.0 Å². The van der Waals surface area contributed by atoms with Crippen molar-refractivity contribution in [2.24, 2.45) is 5.73 Å². The molecule has 0 aliphatic carbocycles. The number of nitrogens with two attached hydrogens (primary N) is 1. The van der Waals surface area contributed by atoms with Crippen LogP contribution in [0.2, 0.25) is 0 Å². The highest BCUT2D eigenvalue weighted by molar-refractivity contribution is 7.14. The Bertz CT molecular complexity index is 542. The zero-order valence-electron chi connectivity index (χ0n) is 11.5. The lowest BCUT2D eigenvalue weighted by molar-refractivity contribution is 0.537. The molecule has 2 aromatic rings. The van der Waals surface area contributed by atoms with Gasteiger partial charge in [-0.25, -0.2) is 4.98 Å². The maximum atomic E-state index is 5.74. The van der Waals surface area contributed by atoms with Gasteiger partial charge in [0.1, 0.15) is 5.69 Å². The number of aryl methyl sites for hydroxylation is 2. The van der Waals surface area contributed by atoms with Crippen LogP contribution in [0.1, 0.15) is 42.7 Å². The second-order valence-corrected chi connectivity index (χ2v) is 6.57. The molecule has 0 aromatic carbocycles. The minimum absolute atomic E-state index is 0.0638. The lowest BCUT2D eigenvalue weighted by Gasteiger charge is -2.19. The Balaban J connectivity index is 2.61. The van der Waals surface area contributed by atoms with E-state index >= 15 is 0 Å². The normalized spacial score (nSPS) is 12.1. The van der Waals surface area contributed by atoms with Crippen LogP contribution in [-0.2, 0) is 12.0 Å². The summed E-state index contributed by atoms with van der Waals surface area (Å²) in [6.07, 6.45) is 0. The predicted octanol–water partition coefficient (Wildman–Crippen LogP) is 2.10. The molecule has 0 aliphatic rings. The van der Waals surface area contributed by atoms with Crippen molar-refractivity contribution < 1.29 is 0 Å². The number of thiazole rings is 1. The van der Waals surface area contributed by atoms with Gasteiger partial charge in [0.2, 0.25) is 5.13 Å². The second-order valence-electron chi connectivity index (χ2n) is 5.39. The topological polar surface area (TPSA) is 69.6 Å². The van der Waals surface area contributed by atoms with Gasteiger partial charge < -0.3 is 5.73 Å². The van der Waals surface area contributed by atoms with E-state index in [4.69, 9.17) is 5.73 Å². The molecule has 0 radical (unpaired) electrons. The maximum Gasteiger partial charge on any atom is 0.212 e. The van der Waals surface area contributed by atoms with Gasteiger partial charge in [0.05, 0.1) is 11.4 Å². The molecule has 0 atom stereocenters. The summed E-state index contributed by atoms with van der Waals surface area (Å²) in [5.74, 6) is 0. The number of hydrogen-bond donors (Lipinski definition) is 1. The van der Waals surface area contributed by atoms with Gasteiger partial charge in [0, 0.05) is 16.8 Å². The molecule has 98 valence electrons. The molecule has 2 N–H and O–H groups in total. The fraction of sp³-hybridized carbons (Fsp3) is 0.583. The summed E-state index contributed by atoms with van der Waals surface area (Å²) in [5, 5.41) is 9.25. The fourth-order valence-electron chi connectivity index (χ4n) is 1.88. The first-order valence-corrected chi connectivity index (χ1v) is 6.75. The first-order chi connectivity index (χ1) is 8.34. The van der Waals surface area contributed by atoms with Crippen molar-refractivity contribution in [3.8, 4) is 5.13 Å². The summed E-state index contributed by atoms with van der Waals surface area (Å²) in [6, 6.07) is 0. The zero-order valence-corrected chi connectivity index (χ0v) is 12.3. The molecule has 6 heteroatoms. The van der Waals surface area contributed by atoms with E-state index in [1.54, 1.807) is 11.3 Å². The zero-order chi connectivity index (χ0) is 13.5. The van der Waals surface area contributed by atoms with E-state index in [0.29, 0.717) is 6.54 Å². The summed E-state index contributed by atoms with van der Waals surface area (Å²) >= 11 is 1.63. The van der Waals surface area contributed by atoms with E-state index < -0.39 is 0 Å². The SMILES string of the molecule is Cc1nc(-n2nnc(CN)c2C(C)(C)C)sc1C. The van der Waals surface area contributed by atoms with Crippen LogP contribution in [0.25, 0.3) is 5.13 Å². The molecule has 0 spiro atoms. The van der Waals surface area contributed by atoms with Gasteiger partial charge in [-0.1, -0.05) is 37.3 Å². The van der Waals surface area contributed by atoms with Gasteiger partial charge in [0.15, 0.2) is 0 Å². The lowest BCUT2D eigenvalue weighted by Crippen LogP contribution is -2.20. The maximum absolute atomic E-state index is 5.74. The van der Waals surface area contributed by atoms with Crippen LogP contribution in [0, 0.1) is 13.8 Å². The Morgan fingerprint density at radius 2 is 1.94 bits per heavy atom. The standard InChI is InChI=1S/C12H19N5S/c1-7-8(2)18-11(14-7)17-10(12(3,4)5)9(6-13)15-16-17/h6,13H2,1-5H3. The second kappa shape index (κ2) is 4.44. The third-order valence-corrected chi connectivity index (χ3v) is 3.89. The molecule has 0 fully saturated rings. The summed E-state index contributed by atoms with van der Waals surface area (Å²) in [5.41, 5.74) is 8.60. The Morgan fingerprint density at radius 3 is 2.39 bits per heavy atom. The molecule has 2 heterocycles. The number of nitrogens with zero attached hydrogens (tertiary/aromatic N) is 4. The van der Waals surface area contributed by atoms with Gasteiger partial charge >= 0.3 is 0 Å². The molecule has 2 rings (SSSR count). The Labute approximate surface area is 111 Å². The molecule has 0 saturated carbocycles. The van der Waals surface area contributed by atoms with E-state index in [0.717, 1.165) is 22.2 Å². The van der Waals surface area contributed by atoms with E-state index in [-0.39, 0.29) is 5.41 Å². The first-order valence-electron chi connectivity index (χ1n) is 5.94. The van der Waals surface area contributed by atoms with E-state index in [1.165, 1.54) is 4.88 Å². The molecule has 18 heavy (non-hydrogen) atoms. The Morgan fingerprint density at radius 1 is 1.28 bits per heavy atom. The van der Waals surface area contributed by atoms with Crippen molar-refractivity contribution >= 4 is 11.3 Å². The number of rotatable bonds is 2. The minimum Gasteiger partial charge on any atom is -0.325 e. The largest absolute Gasteiger partial charge is 0.325 e. The Hall–Kier alpha value is -1.27. The molecule has 0 bridgehead atoms. The summed E-state index contributed by atoms with van der Waals surface area (Å²) in [7, 11) is 0. The molecule has 2 aromatic heterocycles. The van der Waals surface area contributed by atoms with Gasteiger partial charge in [-0.2, -0.15) is 4.68 Å². The van der Waals surface area contributed by atoms with Crippen molar-refractivity contribution in [2.75, 3.05) is 0 Å². The molecule has 5 nitrogen and oxygen atoms in total. The lowest BCUT2D eigenvalue weighted by atomic mass is 9.90. The summed E-state index contributed by atoms with van der Waals surface area (Å²) in [6.45, 7) is 10.9. The predicted molar refractivity (Wildman–Crippen MR) is 73.1 cm³/mol. The third kappa shape index (κ3) is 2.18. The smallest absolute Gasteiger partial charge is 0.212 e. The van der Waals surface area contributed by atoms with Crippen LogP contribution in [0.5, 0.6) is 0 Å². The van der Waals surface area contributed by atoms with Gasteiger partial charge in [-0.3, -0.25) is 0 Å². The van der Waals surface area contributed by atoms with Gasteiger partial charge in [0.25, 0.3) is 0 Å². The molecule has 0 unspecified atom stereocenters. The van der Waals surface area contributed by atoms with E-state index in [1.807, 2.05) is 11.6 Å².